The van der Waals surface area contributed by atoms with Crippen LogP contribution >= 0.6 is 24.0 Å². The van der Waals surface area contributed by atoms with Crippen LogP contribution in [0.1, 0.15) is 39.5 Å². The number of halogens is 1. The maximum atomic E-state index is 12.1. The maximum Gasteiger partial charge on any atom is 0.191 e. The summed E-state index contributed by atoms with van der Waals surface area (Å²) in [4.78, 5) is 6.85. The number of ether oxygens (including phenoxy) is 1. The third-order valence-corrected chi connectivity index (χ3v) is 6.88. The van der Waals surface area contributed by atoms with Gasteiger partial charge in [-0.05, 0) is 25.2 Å². The number of guanidine groups is 1. The van der Waals surface area contributed by atoms with Crippen LogP contribution in [-0.2, 0) is 15.5 Å². The Labute approximate surface area is 178 Å². The van der Waals surface area contributed by atoms with Gasteiger partial charge in [0.25, 0.3) is 0 Å². The van der Waals surface area contributed by atoms with Gasteiger partial charge in [0.2, 0.25) is 0 Å². The lowest BCUT2D eigenvalue weighted by Crippen LogP contribution is -2.48. The van der Waals surface area contributed by atoms with Crippen LogP contribution in [0.15, 0.2) is 4.99 Å². The van der Waals surface area contributed by atoms with Crippen LogP contribution in [0.3, 0.4) is 0 Å². The Morgan fingerprint density at radius 1 is 1.35 bits per heavy atom. The van der Waals surface area contributed by atoms with Gasteiger partial charge < -0.3 is 15.4 Å². The second-order valence-corrected chi connectivity index (χ2v) is 9.28. The van der Waals surface area contributed by atoms with Crippen LogP contribution in [0.2, 0.25) is 0 Å². The van der Waals surface area contributed by atoms with Crippen LogP contribution in [-0.4, -0.2) is 78.6 Å². The van der Waals surface area contributed by atoms with Crippen LogP contribution in [0.5, 0.6) is 0 Å². The fourth-order valence-corrected chi connectivity index (χ4v) is 5.05. The van der Waals surface area contributed by atoms with Gasteiger partial charge in [0, 0.05) is 61.1 Å². The molecule has 26 heavy (non-hydrogen) atoms. The van der Waals surface area contributed by atoms with Crippen molar-refractivity contribution in [2.45, 2.75) is 50.8 Å². The zero-order chi connectivity index (χ0) is 18.1. The Balaban J connectivity index is 0.00000338. The van der Waals surface area contributed by atoms with E-state index in [-0.39, 0.29) is 24.0 Å². The molecule has 0 aromatic rings. The summed E-state index contributed by atoms with van der Waals surface area (Å²) >= 11 is 0. The molecule has 4 unspecified atom stereocenters. The zero-order valence-corrected chi connectivity index (χ0v) is 19.7. The van der Waals surface area contributed by atoms with E-state index in [0.717, 1.165) is 76.8 Å². The first kappa shape index (κ1) is 24.1. The molecule has 2 N–H and O–H groups in total. The fourth-order valence-electron chi connectivity index (χ4n) is 3.70. The van der Waals surface area contributed by atoms with E-state index in [9.17, 15) is 4.21 Å². The normalized spacial score (nSPS) is 27.3. The highest BCUT2D eigenvalue weighted by molar-refractivity contribution is 14.0. The second-order valence-electron chi connectivity index (χ2n) is 7.27. The second kappa shape index (κ2) is 13.3. The van der Waals surface area contributed by atoms with Gasteiger partial charge in [0.05, 0.1) is 13.2 Å². The number of hydrogen-bond donors (Lipinski definition) is 2. The molecule has 8 heteroatoms. The molecule has 4 atom stereocenters. The van der Waals surface area contributed by atoms with Gasteiger partial charge in [0.1, 0.15) is 0 Å². The Bertz CT molecular complexity index is 447. The van der Waals surface area contributed by atoms with Gasteiger partial charge in [-0.1, -0.05) is 20.3 Å². The summed E-state index contributed by atoms with van der Waals surface area (Å²) in [5, 5.41) is 7.36. The minimum atomic E-state index is -0.682. The molecule has 1 saturated carbocycles. The van der Waals surface area contributed by atoms with Crippen molar-refractivity contribution >= 4 is 40.7 Å². The molecule has 0 aromatic carbocycles. The SMILES string of the molecule is CCS(=O)C1CCCC(NC(=NC)NCC(C)CN2CCOCC2)C1.I. The Kier molecular flexibility index (Phi) is 12.3. The van der Waals surface area contributed by atoms with E-state index < -0.39 is 10.8 Å². The van der Waals surface area contributed by atoms with Gasteiger partial charge >= 0.3 is 0 Å². The lowest BCUT2D eigenvalue weighted by atomic mass is 9.95. The van der Waals surface area contributed by atoms with E-state index in [2.05, 4.69) is 27.4 Å². The van der Waals surface area contributed by atoms with E-state index in [0.29, 0.717) is 17.2 Å². The molecule has 0 aromatic heterocycles. The van der Waals surface area contributed by atoms with E-state index in [1.165, 1.54) is 0 Å². The molecule has 0 amide bonds. The molecule has 1 aliphatic carbocycles. The Morgan fingerprint density at radius 3 is 2.73 bits per heavy atom. The molecule has 6 nitrogen and oxygen atoms in total. The van der Waals surface area contributed by atoms with Gasteiger partial charge in [-0.3, -0.25) is 14.1 Å². The highest BCUT2D eigenvalue weighted by atomic mass is 127. The minimum absolute atomic E-state index is 0. The molecule has 2 aliphatic rings. The largest absolute Gasteiger partial charge is 0.379 e. The van der Waals surface area contributed by atoms with Crippen molar-refractivity contribution in [3.05, 3.63) is 0 Å². The molecule has 0 radical (unpaired) electrons. The van der Waals surface area contributed by atoms with Crippen molar-refractivity contribution < 1.29 is 8.95 Å². The summed E-state index contributed by atoms with van der Waals surface area (Å²) in [6, 6.07) is 0.384. The smallest absolute Gasteiger partial charge is 0.191 e. The van der Waals surface area contributed by atoms with Gasteiger partial charge in [-0.25, -0.2) is 0 Å². The predicted octanol–water partition coefficient (Wildman–Crippen LogP) is 1.82. The molecule has 0 bridgehead atoms. The minimum Gasteiger partial charge on any atom is -0.379 e. The molecular formula is C18H37IN4O2S. The number of hydrogen-bond acceptors (Lipinski definition) is 4. The molecule has 0 spiro atoms. The Hall–Kier alpha value is 0.0700. The van der Waals surface area contributed by atoms with Crippen LogP contribution in [0.25, 0.3) is 0 Å². The summed E-state index contributed by atoms with van der Waals surface area (Å²) in [7, 11) is 1.14. The van der Waals surface area contributed by atoms with Crippen LogP contribution in [0.4, 0.5) is 0 Å². The summed E-state index contributed by atoms with van der Waals surface area (Å²) < 4.78 is 17.5. The molecule has 2 fully saturated rings. The lowest BCUT2D eigenvalue weighted by molar-refractivity contribution is 0.0320. The average Bonchev–Trinajstić information content (AvgIpc) is 2.65. The van der Waals surface area contributed by atoms with E-state index in [1.54, 1.807) is 0 Å². The number of aliphatic imine (C=N–C) groups is 1. The Morgan fingerprint density at radius 2 is 2.08 bits per heavy atom. The number of morpholine rings is 1. The van der Waals surface area contributed by atoms with Crippen LogP contribution in [0, 0.1) is 5.92 Å². The van der Waals surface area contributed by atoms with Crippen molar-refractivity contribution in [1.29, 1.82) is 0 Å². The molecule has 1 saturated heterocycles. The highest BCUT2D eigenvalue weighted by Crippen LogP contribution is 2.22. The third kappa shape index (κ3) is 8.39. The first-order valence-corrected chi connectivity index (χ1v) is 11.1. The lowest BCUT2D eigenvalue weighted by Gasteiger charge is -2.31. The van der Waals surface area contributed by atoms with Crippen molar-refractivity contribution in [1.82, 2.24) is 15.5 Å². The van der Waals surface area contributed by atoms with E-state index >= 15 is 0 Å². The summed E-state index contributed by atoms with van der Waals surface area (Å²) in [6.07, 6.45) is 4.38. The first-order chi connectivity index (χ1) is 12.1. The highest BCUT2D eigenvalue weighted by Gasteiger charge is 2.26. The van der Waals surface area contributed by atoms with Crippen molar-refractivity contribution in [3.63, 3.8) is 0 Å². The molecule has 2 rings (SSSR count). The van der Waals surface area contributed by atoms with Crippen molar-refractivity contribution in [3.8, 4) is 0 Å². The molecule has 154 valence electrons. The molecule has 1 aliphatic heterocycles. The standard InChI is InChI=1S/C18H36N4O2S.HI/c1-4-25(23)17-7-5-6-16(12-17)21-18(19-3)20-13-15(2)14-22-8-10-24-11-9-22;/h15-17H,4-14H2,1-3H3,(H2,19,20,21);1H. The summed E-state index contributed by atoms with van der Waals surface area (Å²) in [6.45, 7) is 10.1. The predicted molar refractivity (Wildman–Crippen MR) is 121 cm³/mol. The summed E-state index contributed by atoms with van der Waals surface area (Å²) in [5.41, 5.74) is 0. The number of rotatable bonds is 7. The quantitative estimate of drug-likeness (QED) is 0.317. The topological polar surface area (TPSA) is 66.0 Å². The first-order valence-electron chi connectivity index (χ1n) is 9.76. The third-order valence-electron chi connectivity index (χ3n) is 5.14. The monoisotopic (exact) mass is 500 g/mol. The molecular weight excluding hydrogens is 463 g/mol. The van der Waals surface area contributed by atoms with Crippen molar-refractivity contribution in [2.24, 2.45) is 10.9 Å². The van der Waals surface area contributed by atoms with Gasteiger partial charge in [-0.2, -0.15) is 0 Å². The summed E-state index contributed by atoms with van der Waals surface area (Å²) in [5.74, 6) is 2.20. The van der Waals surface area contributed by atoms with E-state index in [1.807, 2.05) is 14.0 Å². The maximum absolute atomic E-state index is 12.1. The van der Waals surface area contributed by atoms with E-state index in [4.69, 9.17) is 4.74 Å². The van der Waals surface area contributed by atoms with Gasteiger partial charge in [0.15, 0.2) is 5.96 Å². The zero-order valence-electron chi connectivity index (χ0n) is 16.5. The average molecular weight is 500 g/mol. The molecule has 1 heterocycles. The number of nitrogens with one attached hydrogen (secondary N) is 2. The number of nitrogens with zero attached hydrogens (tertiary/aromatic N) is 2. The fraction of sp³-hybridized carbons (Fsp3) is 0.944. The van der Waals surface area contributed by atoms with Crippen LogP contribution < -0.4 is 10.6 Å². The van der Waals surface area contributed by atoms with Crippen molar-refractivity contribution in [2.75, 3.05) is 52.2 Å². The van der Waals surface area contributed by atoms with Gasteiger partial charge in [-0.15, -0.1) is 24.0 Å².